The molecule has 3 aliphatic rings. The molecular weight excluding hydrogens is 783 g/mol. The molecule has 0 bridgehead atoms. The predicted molar refractivity (Wildman–Crippen MR) is 225 cm³/mol. The summed E-state index contributed by atoms with van der Waals surface area (Å²) in [7, 11) is 0. The Balaban J connectivity index is 0.887. The molecule has 0 unspecified atom stereocenters. The Bertz CT molecular complexity index is 2470. The molecule has 0 aliphatic carbocycles. The van der Waals surface area contributed by atoms with Crippen molar-refractivity contribution in [2.75, 3.05) is 26.2 Å². The third-order valence-electron chi connectivity index (χ3n) is 12.4. The third-order valence-corrected chi connectivity index (χ3v) is 12.4. The number of carbonyl (C=O) groups is 2. The number of aromatic amines is 2. The van der Waals surface area contributed by atoms with E-state index in [1.807, 2.05) is 109 Å². The summed E-state index contributed by atoms with van der Waals surface area (Å²) in [6, 6.07) is 31.6. The fraction of sp³-hybridized carbons (Fsp3) is 0.333. The number of aromatic nitrogens is 4. The Labute approximate surface area is 351 Å². The number of piperidine rings is 1. The zero-order valence-electron chi connectivity index (χ0n) is 33.8. The lowest BCUT2D eigenvalue weighted by Gasteiger charge is -2.37. The number of carbonyl (C=O) groups excluding carboxylic acids is 2. The Kier molecular flexibility index (Phi) is 10.9. The molecule has 4 atom stereocenters. The average Bonchev–Trinajstić information content (AvgIpc) is 4.10. The Morgan fingerprint density at radius 3 is 1.49 bits per heavy atom. The van der Waals surface area contributed by atoms with Gasteiger partial charge in [-0.05, 0) is 55.1 Å². The van der Waals surface area contributed by atoms with Gasteiger partial charge in [-0.15, -0.1) is 0 Å². The van der Waals surface area contributed by atoms with Crippen molar-refractivity contribution in [1.82, 2.24) is 34.6 Å². The molecule has 61 heavy (non-hydrogen) atoms. The highest BCUT2D eigenvalue weighted by Crippen LogP contribution is 2.44. The van der Waals surface area contributed by atoms with Crippen LogP contribution in [0.3, 0.4) is 0 Å². The molecule has 0 spiro atoms. The van der Waals surface area contributed by atoms with E-state index in [2.05, 4.69) is 19.9 Å². The van der Waals surface area contributed by atoms with Crippen molar-refractivity contribution >= 4 is 11.8 Å². The number of nitrogens with one attached hydrogen (secondary N) is 2. The molecular formula is C48H47F4N7O2. The van der Waals surface area contributed by atoms with Crippen LogP contribution in [0.2, 0.25) is 0 Å². The van der Waals surface area contributed by atoms with Gasteiger partial charge in [-0.2, -0.15) is 0 Å². The summed E-state index contributed by atoms with van der Waals surface area (Å²) in [4.78, 5) is 48.1. The van der Waals surface area contributed by atoms with Gasteiger partial charge in [0.2, 0.25) is 11.8 Å². The second kappa shape index (κ2) is 16.4. The smallest absolute Gasteiger partial charge is 0.267 e. The third kappa shape index (κ3) is 8.35. The van der Waals surface area contributed by atoms with Gasteiger partial charge in [-0.1, -0.05) is 116 Å². The Morgan fingerprint density at radius 2 is 1.02 bits per heavy atom. The first-order chi connectivity index (χ1) is 29.4. The number of H-pyrrole nitrogens is 2. The van der Waals surface area contributed by atoms with E-state index in [1.54, 1.807) is 19.3 Å². The van der Waals surface area contributed by atoms with Gasteiger partial charge in [0, 0.05) is 36.4 Å². The van der Waals surface area contributed by atoms with Crippen molar-refractivity contribution < 1.29 is 27.2 Å². The van der Waals surface area contributed by atoms with Crippen LogP contribution in [0, 0.1) is 0 Å². The van der Waals surface area contributed by atoms with Gasteiger partial charge in [0.15, 0.2) is 0 Å². The molecule has 6 aromatic rings. The zero-order valence-corrected chi connectivity index (χ0v) is 33.8. The number of likely N-dealkylation sites (tertiary alicyclic amines) is 3. The molecule has 4 aromatic carbocycles. The number of halogens is 4. The van der Waals surface area contributed by atoms with Gasteiger partial charge in [-0.25, -0.2) is 27.5 Å². The first-order valence-corrected chi connectivity index (χ1v) is 21.0. The zero-order chi connectivity index (χ0) is 42.3. The molecule has 9 rings (SSSR count). The van der Waals surface area contributed by atoms with Crippen LogP contribution in [0.15, 0.2) is 122 Å². The van der Waals surface area contributed by atoms with Crippen LogP contribution in [0.1, 0.15) is 85.8 Å². The number of alkyl halides is 4. The summed E-state index contributed by atoms with van der Waals surface area (Å²) in [6.45, 7) is 1.89. The maximum atomic E-state index is 15.2. The monoisotopic (exact) mass is 829 g/mol. The fourth-order valence-electron chi connectivity index (χ4n) is 9.17. The number of amides is 2. The van der Waals surface area contributed by atoms with Crippen LogP contribution in [-0.4, -0.2) is 84.5 Å². The Morgan fingerprint density at radius 1 is 0.590 bits per heavy atom. The summed E-state index contributed by atoms with van der Waals surface area (Å²) in [6.07, 6.45) is 5.36. The predicted octanol–water partition coefficient (Wildman–Crippen LogP) is 9.98. The van der Waals surface area contributed by atoms with E-state index in [0.717, 1.165) is 65.7 Å². The lowest BCUT2D eigenvalue weighted by molar-refractivity contribution is -0.140. The summed E-state index contributed by atoms with van der Waals surface area (Å²) in [5.41, 5.74) is 6.16. The number of rotatable bonds is 10. The van der Waals surface area contributed by atoms with Crippen molar-refractivity contribution in [3.63, 3.8) is 0 Å². The first kappa shape index (κ1) is 40.3. The van der Waals surface area contributed by atoms with E-state index in [-0.39, 0.29) is 11.8 Å². The lowest BCUT2D eigenvalue weighted by atomic mass is 9.99. The highest BCUT2D eigenvalue weighted by Gasteiger charge is 2.51. The van der Waals surface area contributed by atoms with Gasteiger partial charge >= 0.3 is 0 Å². The van der Waals surface area contributed by atoms with Gasteiger partial charge in [0.25, 0.3) is 11.8 Å². The fourth-order valence-corrected chi connectivity index (χ4v) is 9.17. The lowest BCUT2D eigenvalue weighted by Crippen LogP contribution is -2.45. The van der Waals surface area contributed by atoms with Crippen LogP contribution in [-0.2, 0) is 9.59 Å². The molecule has 5 heterocycles. The van der Waals surface area contributed by atoms with E-state index >= 15 is 8.78 Å². The minimum atomic E-state index is -3.05. The van der Waals surface area contributed by atoms with E-state index < -0.39 is 61.8 Å². The van der Waals surface area contributed by atoms with Crippen LogP contribution in [0.4, 0.5) is 17.6 Å². The summed E-state index contributed by atoms with van der Waals surface area (Å²) < 4.78 is 59.9. The molecule has 314 valence electrons. The quantitative estimate of drug-likeness (QED) is 0.134. The van der Waals surface area contributed by atoms with Gasteiger partial charge in [0.1, 0.15) is 17.7 Å². The molecule has 2 amide bonds. The molecule has 13 heteroatoms. The molecule has 2 N–H and O–H groups in total. The highest BCUT2D eigenvalue weighted by atomic mass is 19.3. The molecule has 3 fully saturated rings. The minimum Gasteiger partial charge on any atom is -0.346 e. The normalized spacial score (nSPS) is 21.1. The first-order valence-electron chi connectivity index (χ1n) is 21.0. The van der Waals surface area contributed by atoms with Crippen molar-refractivity contribution in [2.45, 2.75) is 74.9 Å². The molecule has 3 aliphatic heterocycles. The average molecular weight is 830 g/mol. The molecule has 0 radical (unpaired) electrons. The van der Waals surface area contributed by atoms with E-state index in [1.165, 1.54) is 9.80 Å². The SMILES string of the molecule is C[C@@H](C(=O)N1CC(F)(F)C[C@H]1c1nc(-c2ccc(-c3ccc(-c4c[nH]c([C@@H]5CC(F)(F)CN5C(=O)[C@@H](c5ccccc5)N5CCCCC5)n4)cc3)cc2)c[nH]1)c1ccccc1. The largest absolute Gasteiger partial charge is 0.346 e. The number of nitrogens with zero attached hydrogens (tertiary/aromatic N) is 5. The maximum absolute atomic E-state index is 15.2. The standard InChI is InChI=1S/C48H47F4N7O2/c1-31(32-11-5-2-6-12-32)45(60)58-29-47(49,50)25-40(58)43-53-27-38(55-43)35-19-15-33(16-20-35)34-17-21-36(22-18-34)39-28-54-44(56-39)41-26-48(51,52)30-59(41)46(61)42(37-13-7-3-8-14-37)57-23-9-4-10-24-57/h2-3,5-8,11-22,27-28,31,40-42H,4,9-10,23-26,29-30H2,1H3,(H,53,55)(H,54,56)/t31-,40+,41+,42-/m1/s1. The molecule has 0 saturated carbocycles. The van der Waals surface area contributed by atoms with Crippen LogP contribution >= 0.6 is 0 Å². The number of imidazole rings is 2. The van der Waals surface area contributed by atoms with Gasteiger partial charge in [0.05, 0.1) is 42.5 Å². The van der Waals surface area contributed by atoms with E-state index in [0.29, 0.717) is 23.0 Å². The van der Waals surface area contributed by atoms with E-state index in [4.69, 9.17) is 4.98 Å². The van der Waals surface area contributed by atoms with Crippen LogP contribution in [0.5, 0.6) is 0 Å². The van der Waals surface area contributed by atoms with E-state index in [9.17, 15) is 18.4 Å². The van der Waals surface area contributed by atoms with Crippen LogP contribution < -0.4 is 0 Å². The summed E-state index contributed by atoms with van der Waals surface area (Å²) >= 11 is 0. The van der Waals surface area contributed by atoms with Crippen molar-refractivity contribution in [2.24, 2.45) is 0 Å². The second-order valence-corrected chi connectivity index (χ2v) is 16.6. The molecule has 3 saturated heterocycles. The number of benzene rings is 4. The molecule has 2 aromatic heterocycles. The van der Waals surface area contributed by atoms with Crippen molar-refractivity contribution in [1.29, 1.82) is 0 Å². The van der Waals surface area contributed by atoms with Gasteiger partial charge in [-0.3, -0.25) is 14.5 Å². The second-order valence-electron chi connectivity index (χ2n) is 16.6. The van der Waals surface area contributed by atoms with Gasteiger partial charge < -0.3 is 19.8 Å². The number of hydrogen-bond donors (Lipinski definition) is 2. The van der Waals surface area contributed by atoms with Crippen molar-refractivity contribution in [3.8, 4) is 33.6 Å². The molecule has 9 nitrogen and oxygen atoms in total. The topological polar surface area (TPSA) is 101 Å². The minimum absolute atomic E-state index is 0.316. The van der Waals surface area contributed by atoms with Crippen molar-refractivity contribution in [3.05, 3.63) is 144 Å². The Hall–Kier alpha value is -6.08. The summed E-state index contributed by atoms with van der Waals surface area (Å²) in [5, 5.41) is 0. The summed E-state index contributed by atoms with van der Waals surface area (Å²) in [5.74, 6) is -6.72. The van der Waals surface area contributed by atoms with Crippen LogP contribution in [0.25, 0.3) is 33.6 Å². The maximum Gasteiger partial charge on any atom is 0.267 e. The highest BCUT2D eigenvalue weighted by molar-refractivity contribution is 5.85. The number of hydrogen-bond acceptors (Lipinski definition) is 5.